The van der Waals surface area contributed by atoms with E-state index in [0.717, 1.165) is 39.0 Å². The van der Waals surface area contributed by atoms with E-state index in [2.05, 4.69) is 16.7 Å². The number of carbonyl (C=O) groups is 1. The fraction of sp³-hybridized carbons (Fsp3) is 0.372. The first kappa shape index (κ1) is 38.3. The molecule has 0 fully saturated rings. The van der Waals surface area contributed by atoms with Crippen LogP contribution in [0.3, 0.4) is 0 Å². The summed E-state index contributed by atoms with van der Waals surface area (Å²) in [5.41, 5.74) is 4.28. The molecule has 0 radical (unpaired) electrons. The Hall–Kier alpha value is -5.39. The molecule has 11 nitrogen and oxygen atoms in total. The van der Waals surface area contributed by atoms with E-state index in [9.17, 15) is 25.5 Å². The highest BCUT2D eigenvalue weighted by Crippen LogP contribution is 2.43. The second kappa shape index (κ2) is 17.2. The Morgan fingerprint density at radius 1 is 0.907 bits per heavy atom. The van der Waals surface area contributed by atoms with Crippen LogP contribution in [0.5, 0.6) is 34.5 Å². The summed E-state index contributed by atoms with van der Waals surface area (Å²) in [6.45, 7) is 1.01. The van der Waals surface area contributed by atoms with Crippen molar-refractivity contribution in [2.24, 2.45) is 11.8 Å². The minimum absolute atomic E-state index is 0.0238. The molecule has 7 N–H and O–H groups in total. The topological polar surface area (TPSA) is 170 Å². The number of nitrogens with one attached hydrogen (secondary N) is 2. The minimum atomic E-state index is -1.02. The molecular weight excluding hydrogens is 688 g/mol. The molecule has 0 saturated carbocycles. The molecule has 286 valence electrons. The number of methoxy groups -OCH3 is 3. The van der Waals surface area contributed by atoms with E-state index in [1.165, 1.54) is 20.3 Å². The van der Waals surface area contributed by atoms with Crippen LogP contribution < -0.4 is 20.1 Å². The maximum Gasteiger partial charge on any atom is 0.200 e. The van der Waals surface area contributed by atoms with Crippen molar-refractivity contribution in [3.8, 4) is 34.5 Å². The Morgan fingerprint density at radius 2 is 1.72 bits per heavy atom. The molecule has 0 aromatic heterocycles. The van der Waals surface area contributed by atoms with E-state index in [1.807, 2.05) is 24.3 Å². The lowest BCUT2D eigenvalue weighted by Crippen LogP contribution is -2.38. The van der Waals surface area contributed by atoms with E-state index in [0.29, 0.717) is 56.6 Å². The molecule has 2 aliphatic rings. The lowest BCUT2D eigenvalue weighted by Gasteiger charge is -2.34. The number of ether oxygens (including phenoxy) is 3. The van der Waals surface area contributed by atoms with Crippen LogP contribution in [-0.2, 0) is 22.4 Å². The molecule has 0 spiro atoms. The molecule has 4 unspecified atom stereocenters. The number of rotatable bonds is 11. The van der Waals surface area contributed by atoms with Crippen molar-refractivity contribution in [2.75, 3.05) is 39.8 Å². The summed E-state index contributed by atoms with van der Waals surface area (Å²) >= 11 is 0. The Morgan fingerprint density at radius 3 is 2.50 bits per heavy atom. The molecule has 2 aliphatic heterocycles. The van der Waals surface area contributed by atoms with Gasteiger partial charge in [0, 0.05) is 32.4 Å². The van der Waals surface area contributed by atoms with Crippen LogP contribution in [0.2, 0.25) is 0 Å². The summed E-state index contributed by atoms with van der Waals surface area (Å²) in [5.74, 6) is -1.03. The van der Waals surface area contributed by atoms with Crippen molar-refractivity contribution in [1.29, 1.82) is 0 Å². The molecule has 54 heavy (non-hydrogen) atoms. The van der Waals surface area contributed by atoms with Gasteiger partial charge in [0.05, 0.1) is 26.2 Å². The van der Waals surface area contributed by atoms with Gasteiger partial charge in [-0.25, -0.2) is 0 Å². The number of aliphatic hydroxyl groups excluding tert-OH is 1. The third-order valence-corrected chi connectivity index (χ3v) is 10.8. The smallest absolute Gasteiger partial charge is 0.200 e. The number of hydrogen-bond donors (Lipinski definition) is 7. The number of phenolic OH excluding ortho intramolecular Hbond substituents is 4. The number of benzene rings is 4. The zero-order valence-corrected chi connectivity index (χ0v) is 31.0. The zero-order valence-electron chi connectivity index (χ0n) is 31.0. The van der Waals surface area contributed by atoms with Gasteiger partial charge in [-0.3, -0.25) is 4.79 Å². The van der Waals surface area contributed by atoms with Crippen LogP contribution in [-0.4, -0.2) is 71.9 Å². The number of phenols is 4. The normalized spacial score (nSPS) is 19.5. The first-order valence-electron chi connectivity index (χ1n) is 18.4. The SMILES string of the molecule is COCCCC1C2=CCNC(=C2)Nc2ccc3cc(O)ccc3c2CCC(c2cc(O)c(O)c(OC)c2)CC(=O)C1C(O)CCc1ccc(O)c(OC)c1. The second-order valence-corrected chi connectivity index (χ2v) is 14.1. The van der Waals surface area contributed by atoms with Crippen LogP contribution in [0, 0.1) is 11.8 Å². The molecule has 0 aliphatic carbocycles. The number of hydrogen-bond acceptors (Lipinski definition) is 11. The summed E-state index contributed by atoms with van der Waals surface area (Å²) in [5, 5.41) is 62.7. The van der Waals surface area contributed by atoms with Crippen LogP contribution in [0.1, 0.15) is 54.7 Å². The Labute approximate surface area is 315 Å². The largest absolute Gasteiger partial charge is 0.508 e. The van der Waals surface area contributed by atoms with Crippen molar-refractivity contribution in [1.82, 2.24) is 5.32 Å². The highest BCUT2D eigenvalue weighted by molar-refractivity contribution is 5.91. The highest BCUT2D eigenvalue weighted by Gasteiger charge is 2.38. The van der Waals surface area contributed by atoms with Gasteiger partial charge in [-0.05, 0) is 132 Å². The molecule has 0 saturated heterocycles. The van der Waals surface area contributed by atoms with Crippen molar-refractivity contribution in [3.05, 3.63) is 101 Å². The van der Waals surface area contributed by atoms with E-state index >= 15 is 4.79 Å². The fourth-order valence-corrected chi connectivity index (χ4v) is 7.98. The monoisotopic (exact) mass is 738 g/mol. The van der Waals surface area contributed by atoms with Crippen LogP contribution in [0.4, 0.5) is 5.69 Å². The van der Waals surface area contributed by atoms with Crippen LogP contribution in [0.15, 0.2) is 84.2 Å². The lowest BCUT2D eigenvalue weighted by molar-refractivity contribution is -0.129. The molecular formula is C43H50N2O9. The Kier molecular flexibility index (Phi) is 12.2. The number of anilines is 1. The van der Waals surface area contributed by atoms with Gasteiger partial charge in [-0.1, -0.05) is 24.3 Å². The first-order chi connectivity index (χ1) is 26.1. The van der Waals surface area contributed by atoms with Gasteiger partial charge in [0.1, 0.15) is 17.4 Å². The van der Waals surface area contributed by atoms with E-state index in [-0.39, 0.29) is 53.3 Å². The number of allylic oxidation sites excluding steroid dienone is 2. The van der Waals surface area contributed by atoms with Crippen molar-refractivity contribution in [2.45, 2.75) is 57.0 Å². The summed E-state index contributed by atoms with van der Waals surface area (Å²) < 4.78 is 16.2. The molecule has 11 heteroatoms. The van der Waals surface area contributed by atoms with Gasteiger partial charge in [-0.2, -0.15) is 0 Å². The van der Waals surface area contributed by atoms with Gasteiger partial charge in [-0.15, -0.1) is 0 Å². The number of ketones is 1. The Bertz CT molecular complexity index is 2040. The van der Waals surface area contributed by atoms with Gasteiger partial charge < -0.3 is 50.4 Å². The quantitative estimate of drug-likeness (QED) is 0.0638. The average molecular weight is 739 g/mol. The minimum Gasteiger partial charge on any atom is -0.508 e. The number of dihydropyridines is 1. The highest BCUT2D eigenvalue weighted by atomic mass is 16.5. The average Bonchev–Trinajstić information content (AvgIpc) is 3.17. The summed E-state index contributed by atoms with van der Waals surface area (Å²) in [4.78, 5) is 15.0. The van der Waals surface area contributed by atoms with Crippen molar-refractivity contribution < 1.29 is 44.5 Å². The molecule has 2 heterocycles. The van der Waals surface area contributed by atoms with Gasteiger partial charge in [0.2, 0.25) is 5.75 Å². The van der Waals surface area contributed by atoms with Gasteiger partial charge in [0.15, 0.2) is 23.0 Å². The number of aryl methyl sites for hydroxylation is 2. The number of fused-ring (bicyclic) bond motifs is 4. The first-order valence-corrected chi connectivity index (χ1v) is 18.4. The molecule has 6 rings (SSSR count). The Balaban J connectivity index is 1.46. The van der Waals surface area contributed by atoms with Gasteiger partial charge >= 0.3 is 0 Å². The zero-order chi connectivity index (χ0) is 38.4. The maximum atomic E-state index is 15.0. The third kappa shape index (κ3) is 8.53. The van der Waals surface area contributed by atoms with Crippen molar-refractivity contribution in [3.63, 3.8) is 0 Å². The molecule has 2 bridgehead atoms. The number of carbonyl (C=O) groups excluding carboxylic acids is 1. The van der Waals surface area contributed by atoms with Crippen LogP contribution >= 0.6 is 0 Å². The second-order valence-electron chi connectivity index (χ2n) is 14.1. The lowest BCUT2D eigenvalue weighted by atomic mass is 9.72. The standard InChI is InChI=1S/C43H50N2O9/c1-52-18-4-5-32-28-16-17-44-41(24-28)45-34-13-9-27-20-30(46)10-12-31(27)33(34)11-8-26(29-22-38(50)43(51)40(23-29)54-3)21-37(49)42(32)36(48)15-7-25-6-14-35(47)39(19-25)53-2/h6,9-10,12-14,16,19-20,22-24,26,32,36,42,44-48,50-51H,4-5,7-8,11,15,17-18,21H2,1-3H3. The predicted octanol–water partition coefficient (Wildman–Crippen LogP) is 6.80. The maximum absolute atomic E-state index is 15.0. The number of aromatic hydroxyl groups is 4. The molecule has 0 amide bonds. The summed E-state index contributed by atoms with van der Waals surface area (Å²) in [7, 11) is 4.54. The van der Waals surface area contributed by atoms with E-state index in [1.54, 1.807) is 43.5 Å². The van der Waals surface area contributed by atoms with Crippen molar-refractivity contribution >= 4 is 22.2 Å². The molecule has 4 aromatic carbocycles. The van der Waals surface area contributed by atoms with E-state index in [4.69, 9.17) is 14.2 Å². The third-order valence-electron chi connectivity index (χ3n) is 10.8. The van der Waals surface area contributed by atoms with Crippen LogP contribution in [0.25, 0.3) is 10.8 Å². The molecule has 4 aromatic rings. The predicted molar refractivity (Wildman–Crippen MR) is 207 cm³/mol. The van der Waals surface area contributed by atoms with Gasteiger partial charge in [0.25, 0.3) is 0 Å². The summed E-state index contributed by atoms with van der Waals surface area (Å²) in [6.07, 6.45) is 6.13. The summed E-state index contributed by atoms with van der Waals surface area (Å²) in [6, 6.07) is 17.5. The molecule has 4 atom stereocenters. The fourth-order valence-electron chi connectivity index (χ4n) is 7.98. The number of Topliss-reactive ketones (excluding diaryl/α,β-unsaturated/α-hetero) is 1. The number of aliphatic hydroxyl groups is 1. The van der Waals surface area contributed by atoms with E-state index < -0.39 is 17.9 Å².